The molecule has 0 saturated carbocycles. The molecule has 10 heteroatoms. The molecule has 0 aliphatic rings. The molecular formula is C24H22N4O5S. The van der Waals surface area contributed by atoms with Crippen LogP contribution in [0.15, 0.2) is 75.0 Å². The predicted molar refractivity (Wildman–Crippen MR) is 129 cm³/mol. The standard InChI is InChI=1S/C24H22N4O5S/c1-31-19-10-9-15(12-20(19)32-2)22-26-23(33-27-22)18-8-5-11-28(24(18)30)14-21(29)25-16-6-4-7-17(13-16)34-3/h4-13H,14H2,1-3H3,(H,25,29). The molecule has 2 aromatic carbocycles. The highest BCUT2D eigenvalue weighted by Gasteiger charge is 2.17. The van der Waals surface area contributed by atoms with Gasteiger partial charge in [-0.3, -0.25) is 9.59 Å². The van der Waals surface area contributed by atoms with E-state index in [1.165, 1.54) is 17.9 Å². The fourth-order valence-corrected chi connectivity index (χ4v) is 3.77. The summed E-state index contributed by atoms with van der Waals surface area (Å²) in [6.07, 6.45) is 3.50. The van der Waals surface area contributed by atoms with E-state index in [0.29, 0.717) is 22.7 Å². The van der Waals surface area contributed by atoms with Crippen LogP contribution in [-0.2, 0) is 11.3 Å². The van der Waals surface area contributed by atoms with Crippen LogP contribution < -0.4 is 20.3 Å². The lowest BCUT2D eigenvalue weighted by atomic mass is 10.2. The minimum atomic E-state index is -0.418. The van der Waals surface area contributed by atoms with Gasteiger partial charge in [-0.2, -0.15) is 4.98 Å². The number of aromatic nitrogens is 3. The molecule has 1 N–H and O–H groups in total. The van der Waals surface area contributed by atoms with Gasteiger partial charge in [0.15, 0.2) is 11.5 Å². The molecule has 0 spiro atoms. The predicted octanol–water partition coefficient (Wildman–Crippen LogP) is 3.94. The van der Waals surface area contributed by atoms with Crippen LogP contribution in [0.1, 0.15) is 0 Å². The van der Waals surface area contributed by atoms with Gasteiger partial charge >= 0.3 is 0 Å². The second-order valence-electron chi connectivity index (χ2n) is 7.13. The van der Waals surface area contributed by atoms with Crippen molar-refractivity contribution >= 4 is 23.4 Å². The summed E-state index contributed by atoms with van der Waals surface area (Å²) in [4.78, 5) is 30.9. The van der Waals surface area contributed by atoms with E-state index >= 15 is 0 Å². The number of hydrogen-bond acceptors (Lipinski definition) is 8. The average molecular weight is 479 g/mol. The van der Waals surface area contributed by atoms with E-state index in [9.17, 15) is 9.59 Å². The van der Waals surface area contributed by atoms with Crippen LogP contribution in [0, 0.1) is 0 Å². The number of carbonyl (C=O) groups is 1. The summed E-state index contributed by atoms with van der Waals surface area (Å²) in [5.41, 5.74) is 1.07. The molecule has 34 heavy (non-hydrogen) atoms. The van der Waals surface area contributed by atoms with Gasteiger partial charge < -0.3 is 23.9 Å². The van der Waals surface area contributed by atoms with E-state index in [-0.39, 0.29) is 29.7 Å². The Balaban J connectivity index is 1.55. The van der Waals surface area contributed by atoms with Crippen molar-refractivity contribution in [1.82, 2.24) is 14.7 Å². The van der Waals surface area contributed by atoms with Gasteiger partial charge in [0, 0.05) is 22.3 Å². The van der Waals surface area contributed by atoms with Crippen molar-refractivity contribution in [3.8, 4) is 34.3 Å². The first-order valence-electron chi connectivity index (χ1n) is 10.2. The van der Waals surface area contributed by atoms with Crippen molar-refractivity contribution in [2.24, 2.45) is 0 Å². The van der Waals surface area contributed by atoms with Gasteiger partial charge in [0.25, 0.3) is 11.4 Å². The van der Waals surface area contributed by atoms with Crippen LogP contribution in [0.3, 0.4) is 0 Å². The third-order valence-corrected chi connectivity index (χ3v) is 5.71. The van der Waals surface area contributed by atoms with Crippen LogP contribution >= 0.6 is 11.8 Å². The normalized spacial score (nSPS) is 10.7. The van der Waals surface area contributed by atoms with E-state index in [4.69, 9.17) is 14.0 Å². The highest BCUT2D eigenvalue weighted by atomic mass is 32.2. The first-order valence-corrected chi connectivity index (χ1v) is 11.4. The van der Waals surface area contributed by atoms with Gasteiger partial charge in [0.2, 0.25) is 11.7 Å². The maximum atomic E-state index is 13.0. The van der Waals surface area contributed by atoms with E-state index < -0.39 is 5.56 Å². The van der Waals surface area contributed by atoms with Crippen molar-refractivity contribution in [3.05, 3.63) is 71.1 Å². The third kappa shape index (κ3) is 4.96. The number of benzene rings is 2. The molecule has 0 aliphatic heterocycles. The SMILES string of the molecule is COc1ccc(-c2noc(-c3cccn(CC(=O)Nc4cccc(SC)c4)c3=O)n2)cc1OC. The number of rotatable bonds is 8. The molecule has 0 bridgehead atoms. The van der Waals surface area contributed by atoms with Crippen LogP contribution in [-0.4, -0.2) is 41.1 Å². The molecule has 4 aromatic rings. The molecule has 0 saturated heterocycles. The van der Waals surface area contributed by atoms with Crippen molar-refractivity contribution in [2.45, 2.75) is 11.4 Å². The van der Waals surface area contributed by atoms with Gasteiger partial charge in [-0.1, -0.05) is 11.2 Å². The Kier molecular flexibility index (Phi) is 6.98. The van der Waals surface area contributed by atoms with E-state index in [2.05, 4.69) is 15.5 Å². The summed E-state index contributed by atoms with van der Waals surface area (Å²) in [5, 5.41) is 6.80. The molecule has 174 valence electrons. The molecular weight excluding hydrogens is 456 g/mol. The minimum absolute atomic E-state index is 0.0530. The van der Waals surface area contributed by atoms with Crippen molar-refractivity contribution in [1.29, 1.82) is 0 Å². The first-order chi connectivity index (χ1) is 16.5. The maximum Gasteiger partial charge on any atom is 0.263 e. The molecule has 0 atom stereocenters. The van der Waals surface area contributed by atoms with Gasteiger partial charge in [-0.25, -0.2) is 0 Å². The molecule has 2 aromatic heterocycles. The van der Waals surface area contributed by atoms with Gasteiger partial charge in [0.05, 0.1) is 14.2 Å². The maximum absolute atomic E-state index is 13.0. The van der Waals surface area contributed by atoms with Crippen molar-refractivity contribution in [3.63, 3.8) is 0 Å². The topological polar surface area (TPSA) is 108 Å². The Bertz CT molecular complexity index is 1380. The Morgan fingerprint density at radius 1 is 1.09 bits per heavy atom. The second-order valence-corrected chi connectivity index (χ2v) is 8.01. The highest BCUT2D eigenvalue weighted by molar-refractivity contribution is 7.98. The summed E-state index contributed by atoms with van der Waals surface area (Å²) >= 11 is 1.58. The lowest BCUT2D eigenvalue weighted by Crippen LogP contribution is -2.28. The number of hydrogen-bond donors (Lipinski definition) is 1. The number of carbonyl (C=O) groups excluding carboxylic acids is 1. The smallest absolute Gasteiger partial charge is 0.263 e. The lowest BCUT2D eigenvalue weighted by molar-refractivity contribution is -0.116. The molecule has 1 amide bonds. The number of amides is 1. The quantitative estimate of drug-likeness (QED) is 0.379. The zero-order valence-electron chi connectivity index (χ0n) is 18.8. The molecule has 4 rings (SSSR count). The number of anilines is 1. The Hall–Kier alpha value is -4.05. The van der Waals surface area contributed by atoms with Crippen molar-refractivity contribution < 1.29 is 18.8 Å². The zero-order valence-corrected chi connectivity index (χ0v) is 19.6. The first kappa shape index (κ1) is 23.1. The largest absolute Gasteiger partial charge is 0.493 e. The van der Waals surface area contributed by atoms with E-state index in [0.717, 1.165) is 4.90 Å². The summed E-state index contributed by atoms with van der Waals surface area (Å²) in [5.74, 6) is 1.10. The third-order valence-electron chi connectivity index (χ3n) is 4.99. The van der Waals surface area contributed by atoms with Crippen molar-refractivity contribution in [2.75, 3.05) is 25.8 Å². The van der Waals surface area contributed by atoms with Crippen LogP contribution in [0.5, 0.6) is 11.5 Å². The monoisotopic (exact) mass is 478 g/mol. The summed E-state index contributed by atoms with van der Waals surface area (Å²) in [6.45, 7) is -0.160. The van der Waals surface area contributed by atoms with Gasteiger partial charge in [-0.05, 0) is 54.8 Å². The average Bonchev–Trinajstić information content (AvgIpc) is 3.35. The Morgan fingerprint density at radius 3 is 2.68 bits per heavy atom. The molecule has 0 unspecified atom stereocenters. The molecule has 9 nitrogen and oxygen atoms in total. The number of methoxy groups -OCH3 is 2. The van der Waals surface area contributed by atoms with Crippen LogP contribution in [0.25, 0.3) is 22.8 Å². The fraction of sp³-hybridized carbons (Fsp3) is 0.167. The van der Waals surface area contributed by atoms with Crippen LogP contribution in [0.4, 0.5) is 5.69 Å². The summed E-state index contributed by atoms with van der Waals surface area (Å²) < 4.78 is 17.2. The number of ether oxygens (including phenoxy) is 2. The lowest BCUT2D eigenvalue weighted by Gasteiger charge is -2.09. The highest BCUT2D eigenvalue weighted by Crippen LogP contribution is 2.31. The van der Waals surface area contributed by atoms with Gasteiger partial charge in [-0.15, -0.1) is 11.8 Å². The van der Waals surface area contributed by atoms with Gasteiger partial charge in [0.1, 0.15) is 12.1 Å². The molecule has 0 fully saturated rings. The van der Waals surface area contributed by atoms with Crippen LogP contribution in [0.2, 0.25) is 0 Å². The fourth-order valence-electron chi connectivity index (χ4n) is 3.31. The Morgan fingerprint density at radius 2 is 1.91 bits per heavy atom. The van der Waals surface area contributed by atoms with E-state index in [1.54, 1.807) is 55.3 Å². The molecule has 0 radical (unpaired) electrons. The number of pyridine rings is 1. The Labute approximate surface area is 199 Å². The minimum Gasteiger partial charge on any atom is -0.493 e. The van der Waals surface area contributed by atoms with E-state index in [1.807, 2.05) is 24.5 Å². The number of nitrogens with one attached hydrogen (secondary N) is 1. The summed E-state index contributed by atoms with van der Waals surface area (Å²) in [7, 11) is 3.08. The summed E-state index contributed by atoms with van der Waals surface area (Å²) in [6, 6.07) is 15.9. The molecule has 0 aliphatic carbocycles. The number of nitrogens with zero attached hydrogens (tertiary/aromatic N) is 3. The molecule has 2 heterocycles. The zero-order chi connectivity index (χ0) is 24.1. The number of thioether (sulfide) groups is 1. The second kappa shape index (κ2) is 10.3.